The predicted octanol–water partition coefficient (Wildman–Crippen LogP) is 1.89. The summed E-state index contributed by atoms with van der Waals surface area (Å²) in [5.74, 6) is -0.0324. The van der Waals surface area contributed by atoms with Gasteiger partial charge in [-0.05, 0) is 49.9 Å². The molecule has 1 saturated heterocycles. The van der Waals surface area contributed by atoms with Gasteiger partial charge in [-0.15, -0.1) is 0 Å². The lowest BCUT2D eigenvalue weighted by molar-refractivity contribution is -0.116. The van der Waals surface area contributed by atoms with Crippen LogP contribution in [-0.4, -0.2) is 37.1 Å². The fraction of sp³-hybridized carbons (Fsp3) is 0.529. The van der Waals surface area contributed by atoms with Crippen molar-refractivity contribution in [2.24, 2.45) is 0 Å². The molecule has 2 heterocycles. The Balaban J connectivity index is 1.70. The molecule has 3 rings (SSSR count). The van der Waals surface area contributed by atoms with E-state index >= 15 is 0 Å². The quantitative estimate of drug-likeness (QED) is 0.927. The molecule has 0 bridgehead atoms. The van der Waals surface area contributed by atoms with Gasteiger partial charge in [0.25, 0.3) is 5.91 Å². The van der Waals surface area contributed by atoms with Gasteiger partial charge in [-0.25, -0.2) is 0 Å². The van der Waals surface area contributed by atoms with E-state index in [1.54, 1.807) is 17.9 Å². The van der Waals surface area contributed by atoms with Crippen LogP contribution in [0, 0.1) is 0 Å². The van der Waals surface area contributed by atoms with Crippen molar-refractivity contribution in [1.29, 1.82) is 0 Å². The van der Waals surface area contributed by atoms with Crippen molar-refractivity contribution in [3.8, 4) is 0 Å². The van der Waals surface area contributed by atoms with Crippen LogP contribution in [0.5, 0.6) is 0 Å². The number of ether oxygens (including phenoxy) is 1. The maximum absolute atomic E-state index is 12.4. The van der Waals surface area contributed by atoms with E-state index in [-0.39, 0.29) is 24.0 Å². The maximum atomic E-state index is 12.4. The van der Waals surface area contributed by atoms with Gasteiger partial charge in [-0.3, -0.25) is 9.59 Å². The fourth-order valence-corrected chi connectivity index (χ4v) is 3.25. The smallest absolute Gasteiger partial charge is 0.251 e. The number of nitrogens with zero attached hydrogens (tertiary/aromatic N) is 1. The molecular formula is C17H22N2O3. The average Bonchev–Trinajstić information content (AvgIpc) is 3.15. The van der Waals surface area contributed by atoms with Crippen LogP contribution in [0.2, 0.25) is 0 Å². The number of carbonyl (C=O) groups is 2. The molecular weight excluding hydrogens is 280 g/mol. The molecule has 22 heavy (non-hydrogen) atoms. The van der Waals surface area contributed by atoms with Crippen LogP contribution in [0.1, 0.15) is 42.6 Å². The highest BCUT2D eigenvalue weighted by Gasteiger charge is 2.26. The van der Waals surface area contributed by atoms with Crippen LogP contribution in [0.4, 0.5) is 5.69 Å². The van der Waals surface area contributed by atoms with Crippen molar-refractivity contribution in [3.05, 3.63) is 29.3 Å². The number of anilines is 1. The summed E-state index contributed by atoms with van der Waals surface area (Å²) < 4.78 is 5.61. The molecule has 0 aromatic heterocycles. The third kappa shape index (κ3) is 2.86. The zero-order chi connectivity index (χ0) is 15.7. The van der Waals surface area contributed by atoms with Crippen molar-refractivity contribution in [2.75, 3.05) is 18.1 Å². The Kier molecular flexibility index (Phi) is 4.16. The molecule has 2 aliphatic heterocycles. The minimum absolute atomic E-state index is 0.0111. The highest BCUT2D eigenvalue weighted by Crippen LogP contribution is 2.29. The van der Waals surface area contributed by atoms with Crippen molar-refractivity contribution in [2.45, 2.75) is 45.3 Å². The number of fused-ring (bicyclic) bond motifs is 1. The number of benzene rings is 1. The zero-order valence-corrected chi connectivity index (χ0v) is 13.1. The molecule has 118 valence electrons. The first-order valence-corrected chi connectivity index (χ1v) is 7.90. The van der Waals surface area contributed by atoms with E-state index in [2.05, 4.69) is 5.32 Å². The maximum Gasteiger partial charge on any atom is 0.251 e. The van der Waals surface area contributed by atoms with Crippen molar-refractivity contribution in [3.63, 3.8) is 0 Å². The van der Waals surface area contributed by atoms with Crippen LogP contribution in [-0.2, 0) is 16.0 Å². The third-order valence-electron chi connectivity index (χ3n) is 4.50. The van der Waals surface area contributed by atoms with Gasteiger partial charge in [0.15, 0.2) is 0 Å². The normalized spacial score (nSPS) is 21.5. The lowest BCUT2D eigenvalue weighted by Crippen LogP contribution is -2.40. The minimum atomic E-state index is -0.0768. The van der Waals surface area contributed by atoms with Crippen LogP contribution < -0.4 is 10.2 Å². The number of amides is 2. The largest absolute Gasteiger partial charge is 0.376 e. The van der Waals surface area contributed by atoms with Gasteiger partial charge in [0.1, 0.15) is 0 Å². The van der Waals surface area contributed by atoms with E-state index in [0.717, 1.165) is 37.1 Å². The first kappa shape index (κ1) is 15.0. The van der Waals surface area contributed by atoms with E-state index in [0.29, 0.717) is 12.1 Å². The van der Waals surface area contributed by atoms with E-state index < -0.39 is 0 Å². The van der Waals surface area contributed by atoms with E-state index in [9.17, 15) is 9.59 Å². The summed E-state index contributed by atoms with van der Waals surface area (Å²) >= 11 is 0. The second-order valence-corrected chi connectivity index (χ2v) is 6.08. The Morgan fingerprint density at radius 3 is 2.91 bits per heavy atom. The number of hydrogen-bond donors (Lipinski definition) is 1. The summed E-state index contributed by atoms with van der Waals surface area (Å²) in [4.78, 5) is 25.7. The lowest BCUT2D eigenvalue weighted by atomic mass is 10.1. The standard InChI is InChI=1S/C17H22N2O3/c1-11(16-4-3-9-22-16)18-17(21)14-5-6-15-13(10-14)7-8-19(15)12(2)20/h5-6,10-11,16H,3-4,7-9H2,1-2H3,(H,18,21)/t11-,16-/m0/s1. The molecule has 0 unspecified atom stereocenters. The molecule has 0 radical (unpaired) electrons. The molecule has 1 fully saturated rings. The number of nitrogens with one attached hydrogen (secondary N) is 1. The summed E-state index contributed by atoms with van der Waals surface area (Å²) in [6.45, 7) is 5.03. The van der Waals surface area contributed by atoms with E-state index in [1.807, 2.05) is 19.1 Å². The van der Waals surface area contributed by atoms with Gasteiger partial charge in [-0.1, -0.05) is 0 Å². The SMILES string of the molecule is CC(=O)N1CCc2cc(C(=O)N[C@@H](C)[C@@H]3CCCO3)ccc21. The van der Waals surface area contributed by atoms with Gasteiger partial charge >= 0.3 is 0 Å². The second kappa shape index (κ2) is 6.08. The fourth-order valence-electron chi connectivity index (χ4n) is 3.25. The molecule has 1 aromatic carbocycles. The molecule has 0 saturated carbocycles. The highest BCUT2D eigenvalue weighted by atomic mass is 16.5. The number of hydrogen-bond acceptors (Lipinski definition) is 3. The molecule has 0 spiro atoms. The molecule has 2 aliphatic rings. The predicted molar refractivity (Wildman–Crippen MR) is 84.1 cm³/mol. The number of rotatable bonds is 3. The van der Waals surface area contributed by atoms with Crippen molar-refractivity contribution in [1.82, 2.24) is 5.32 Å². The summed E-state index contributed by atoms with van der Waals surface area (Å²) in [5.41, 5.74) is 2.64. The third-order valence-corrected chi connectivity index (χ3v) is 4.50. The molecule has 5 heteroatoms. The Labute approximate surface area is 130 Å². The van der Waals surface area contributed by atoms with E-state index in [4.69, 9.17) is 4.74 Å². The van der Waals surface area contributed by atoms with Crippen LogP contribution >= 0.6 is 0 Å². The topological polar surface area (TPSA) is 58.6 Å². The molecule has 5 nitrogen and oxygen atoms in total. The first-order valence-electron chi connectivity index (χ1n) is 7.90. The van der Waals surface area contributed by atoms with Gasteiger partial charge < -0.3 is 15.0 Å². The molecule has 0 aliphatic carbocycles. The monoisotopic (exact) mass is 302 g/mol. The Bertz CT molecular complexity index is 594. The molecule has 2 atom stereocenters. The Morgan fingerprint density at radius 2 is 2.23 bits per heavy atom. The van der Waals surface area contributed by atoms with Crippen LogP contribution in [0.25, 0.3) is 0 Å². The van der Waals surface area contributed by atoms with Gasteiger partial charge in [-0.2, -0.15) is 0 Å². The van der Waals surface area contributed by atoms with E-state index in [1.165, 1.54) is 0 Å². The van der Waals surface area contributed by atoms with Crippen molar-refractivity contribution < 1.29 is 14.3 Å². The Hall–Kier alpha value is -1.88. The zero-order valence-electron chi connectivity index (χ0n) is 13.1. The Morgan fingerprint density at radius 1 is 1.41 bits per heavy atom. The lowest BCUT2D eigenvalue weighted by Gasteiger charge is -2.20. The van der Waals surface area contributed by atoms with Gasteiger partial charge in [0.2, 0.25) is 5.91 Å². The average molecular weight is 302 g/mol. The second-order valence-electron chi connectivity index (χ2n) is 6.08. The number of carbonyl (C=O) groups excluding carboxylic acids is 2. The van der Waals surface area contributed by atoms with Crippen LogP contribution in [0.15, 0.2) is 18.2 Å². The summed E-state index contributed by atoms with van der Waals surface area (Å²) in [7, 11) is 0. The van der Waals surface area contributed by atoms with Crippen molar-refractivity contribution >= 4 is 17.5 Å². The molecule has 2 amide bonds. The summed E-state index contributed by atoms with van der Waals surface area (Å²) in [6, 6.07) is 5.57. The van der Waals surface area contributed by atoms with Crippen LogP contribution in [0.3, 0.4) is 0 Å². The summed E-state index contributed by atoms with van der Waals surface area (Å²) in [6.07, 6.45) is 2.98. The van der Waals surface area contributed by atoms with Gasteiger partial charge in [0, 0.05) is 31.3 Å². The first-order chi connectivity index (χ1) is 10.6. The molecule has 1 aromatic rings. The summed E-state index contributed by atoms with van der Waals surface area (Å²) in [5, 5.41) is 3.02. The van der Waals surface area contributed by atoms with Gasteiger partial charge in [0.05, 0.1) is 12.1 Å². The highest BCUT2D eigenvalue weighted by molar-refractivity contribution is 5.98. The minimum Gasteiger partial charge on any atom is -0.376 e. The molecule has 1 N–H and O–H groups in total.